The van der Waals surface area contributed by atoms with Crippen LogP contribution in [0.5, 0.6) is 0 Å². The Morgan fingerprint density at radius 2 is 1.84 bits per heavy atom. The fourth-order valence-electron chi connectivity index (χ4n) is 2.83. The van der Waals surface area contributed by atoms with Gasteiger partial charge in [0.2, 0.25) is 0 Å². The first-order valence-corrected chi connectivity index (χ1v) is 7.08. The van der Waals surface area contributed by atoms with E-state index in [0.717, 1.165) is 24.5 Å². The molecule has 0 saturated carbocycles. The highest BCUT2D eigenvalue weighted by Gasteiger charge is 2.38. The van der Waals surface area contributed by atoms with Gasteiger partial charge in [-0.25, -0.2) is 0 Å². The zero-order valence-electron chi connectivity index (χ0n) is 11.1. The zero-order valence-corrected chi connectivity index (χ0v) is 11.9. The molecule has 0 aliphatic carbocycles. The average molecular weight is 272 g/mol. The molecule has 98 valence electrons. The first-order valence-electron chi connectivity index (χ1n) is 6.70. The summed E-state index contributed by atoms with van der Waals surface area (Å²) in [6, 6.07) is 17.1. The molecule has 1 N–H and O–H groups in total. The van der Waals surface area contributed by atoms with Gasteiger partial charge in [-0.2, -0.15) is 0 Å². The number of aryl methyl sites for hydroxylation is 1. The predicted octanol–water partition coefficient (Wildman–Crippen LogP) is 3.73. The van der Waals surface area contributed by atoms with E-state index in [0.29, 0.717) is 0 Å². The van der Waals surface area contributed by atoms with Crippen molar-refractivity contribution in [3.63, 3.8) is 0 Å². The second-order valence-electron chi connectivity index (χ2n) is 5.56. The van der Waals surface area contributed by atoms with Crippen LogP contribution in [0.3, 0.4) is 0 Å². The van der Waals surface area contributed by atoms with E-state index in [1.807, 2.05) is 12.1 Å². The molecule has 1 saturated heterocycles. The third-order valence-corrected chi connectivity index (χ3v) is 4.26. The summed E-state index contributed by atoms with van der Waals surface area (Å²) in [6.45, 7) is 4.27. The first kappa shape index (κ1) is 12.7. The van der Waals surface area contributed by atoms with Crippen molar-refractivity contribution in [2.75, 3.05) is 13.1 Å². The van der Waals surface area contributed by atoms with Gasteiger partial charge in [-0.05, 0) is 36.6 Å². The molecule has 2 aromatic carbocycles. The summed E-state index contributed by atoms with van der Waals surface area (Å²) in [5, 5.41) is 4.23. The molecule has 1 fully saturated rings. The topological polar surface area (TPSA) is 12.0 Å². The third-order valence-electron chi connectivity index (χ3n) is 4.01. The van der Waals surface area contributed by atoms with E-state index in [2.05, 4.69) is 48.6 Å². The van der Waals surface area contributed by atoms with Gasteiger partial charge < -0.3 is 5.32 Å². The van der Waals surface area contributed by atoms with Gasteiger partial charge in [0.15, 0.2) is 0 Å². The zero-order chi connectivity index (χ0) is 13.3. The Hall–Kier alpha value is -1.31. The van der Waals surface area contributed by atoms with Gasteiger partial charge in [-0.1, -0.05) is 53.6 Å². The van der Waals surface area contributed by atoms with Gasteiger partial charge in [0.05, 0.1) is 0 Å². The van der Waals surface area contributed by atoms with Crippen LogP contribution in [0.2, 0.25) is 5.02 Å². The summed E-state index contributed by atoms with van der Waals surface area (Å²) in [7, 11) is 0. The van der Waals surface area contributed by atoms with Crippen LogP contribution in [0, 0.1) is 6.92 Å². The summed E-state index contributed by atoms with van der Waals surface area (Å²) >= 11 is 5.96. The molecule has 0 aromatic heterocycles. The quantitative estimate of drug-likeness (QED) is 0.897. The second-order valence-corrected chi connectivity index (χ2v) is 5.99. The van der Waals surface area contributed by atoms with Crippen LogP contribution in [-0.2, 0) is 11.8 Å². The van der Waals surface area contributed by atoms with E-state index in [9.17, 15) is 0 Å². The van der Waals surface area contributed by atoms with Crippen LogP contribution in [0.15, 0.2) is 48.5 Å². The molecule has 0 amide bonds. The second kappa shape index (κ2) is 4.99. The summed E-state index contributed by atoms with van der Waals surface area (Å²) in [5.74, 6) is 0. The maximum Gasteiger partial charge on any atom is 0.0406 e. The number of halogens is 1. The van der Waals surface area contributed by atoms with Crippen molar-refractivity contribution in [1.82, 2.24) is 5.32 Å². The van der Waals surface area contributed by atoms with Gasteiger partial charge in [0.1, 0.15) is 0 Å². The van der Waals surface area contributed by atoms with E-state index in [1.165, 1.54) is 16.7 Å². The van der Waals surface area contributed by atoms with Gasteiger partial charge >= 0.3 is 0 Å². The minimum Gasteiger partial charge on any atom is -0.315 e. The maximum atomic E-state index is 5.96. The molecule has 2 heteroatoms. The average Bonchev–Trinajstić information content (AvgIpc) is 2.36. The van der Waals surface area contributed by atoms with Crippen LogP contribution in [0.1, 0.15) is 16.7 Å². The molecule has 1 aliphatic rings. The molecule has 0 atom stereocenters. The Kier molecular flexibility index (Phi) is 3.34. The number of nitrogens with one attached hydrogen (secondary N) is 1. The van der Waals surface area contributed by atoms with Crippen LogP contribution >= 0.6 is 11.6 Å². The monoisotopic (exact) mass is 271 g/mol. The Morgan fingerprint density at radius 3 is 2.42 bits per heavy atom. The molecule has 0 radical (unpaired) electrons. The molecule has 0 bridgehead atoms. The van der Waals surface area contributed by atoms with Crippen molar-refractivity contribution in [1.29, 1.82) is 0 Å². The molecule has 0 spiro atoms. The van der Waals surface area contributed by atoms with E-state index in [-0.39, 0.29) is 5.41 Å². The highest BCUT2D eigenvalue weighted by atomic mass is 35.5. The summed E-state index contributed by atoms with van der Waals surface area (Å²) in [4.78, 5) is 0. The molecule has 2 aromatic rings. The number of hydrogen-bond acceptors (Lipinski definition) is 1. The SMILES string of the molecule is Cc1cccc(C2(Cc3ccc(Cl)cc3)CNC2)c1. The molecular weight excluding hydrogens is 254 g/mol. The van der Waals surface area contributed by atoms with E-state index in [4.69, 9.17) is 11.6 Å². The molecule has 0 unspecified atom stereocenters. The summed E-state index contributed by atoms with van der Waals surface area (Å²) in [5.41, 5.74) is 4.38. The first-order chi connectivity index (χ1) is 9.18. The van der Waals surface area contributed by atoms with Gasteiger partial charge in [0.25, 0.3) is 0 Å². The van der Waals surface area contributed by atoms with Crippen LogP contribution in [-0.4, -0.2) is 13.1 Å². The van der Waals surface area contributed by atoms with E-state index in [1.54, 1.807) is 0 Å². The fourth-order valence-corrected chi connectivity index (χ4v) is 2.95. The Labute approximate surface area is 119 Å². The normalized spacial score (nSPS) is 16.9. The van der Waals surface area contributed by atoms with Gasteiger partial charge in [-0.15, -0.1) is 0 Å². The molecule has 1 nitrogen and oxygen atoms in total. The van der Waals surface area contributed by atoms with Crippen LogP contribution in [0.25, 0.3) is 0 Å². The Morgan fingerprint density at radius 1 is 1.11 bits per heavy atom. The van der Waals surface area contributed by atoms with Crippen LogP contribution < -0.4 is 5.32 Å². The minimum atomic E-state index is 0.250. The highest BCUT2D eigenvalue weighted by Crippen LogP contribution is 2.33. The Bertz CT molecular complexity index is 570. The number of rotatable bonds is 3. The number of hydrogen-bond donors (Lipinski definition) is 1. The van der Waals surface area contributed by atoms with Gasteiger partial charge in [0, 0.05) is 23.5 Å². The van der Waals surface area contributed by atoms with Crippen molar-refractivity contribution < 1.29 is 0 Å². The van der Waals surface area contributed by atoms with Gasteiger partial charge in [-0.3, -0.25) is 0 Å². The smallest absolute Gasteiger partial charge is 0.0406 e. The van der Waals surface area contributed by atoms with Crippen molar-refractivity contribution >= 4 is 11.6 Å². The molecular formula is C17H18ClN. The van der Waals surface area contributed by atoms with E-state index < -0.39 is 0 Å². The minimum absolute atomic E-state index is 0.250. The molecule has 19 heavy (non-hydrogen) atoms. The van der Waals surface area contributed by atoms with Crippen molar-refractivity contribution in [2.45, 2.75) is 18.8 Å². The summed E-state index contributed by atoms with van der Waals surface area (Å²) < 4.78 is 0. The van der Waals surface area contributed by atoms with Crippen molar-refractivity contribution in [2.24, 2.45) is 0 Å². The lowest BCUT2D eigenvalue weighted by Crippen LogP contribution is -2.58. The predicted molar refractivity (Wildman–Crippen MR) is 80.9 cm³/mol. The number of benzene rings is 2. The highest BCUT2D eigenvalue weighted by molar-refractivity contribution is 6.30. The largest absolute Gasteiger partial charge is 0.315 e. The van der Waals surface area contributed by atoms with E-state index >= 15 is 0 Å². The molecule has 3 rings (SSSR count). The molecule has 1 aliphatic heterocycles. The lowest BCUT2D eigenvalue weighted by molar-refractivity contribution is 0.274. The third kappa shape index (κ3) is 2.54. The lowest BCUT2D eigenvalue weighted by Gasteiger charge is -2.43. The molecule has 1 heterocycles. The Balaban J connectivity index is 1.89. The van der Waals surface area contributed by atoms with Crippen molar-refractivity contribution in [3.05, 3.63) is 70.2 Å². The fraction of sp³-hybridized carbons (Fsp3) is 0.294. The van der Waals surface area contributed by atoms with Crippen LogP contribution in [0.4, 0.5) is 0 Å². The standard InChI is InChI=1S/C17H18ClN/c1-13-3-2-4-15(9-13)17(11-19-12-17)10-14-5-7-16(18)8-6-14/h2-9,19H,10-12H2,1H3. The maximum absolute atomic E-state index is 5.96. The summed E-state index contributed by atoms with van der Waals surface area (Å²) in [6.07, 6.45) is 1.07. The lowest BCUT2D eigenvalue weighted by atomic mass is 9.71. The van der Waals surface area contributed by atoms with Crippen molar-refractivity contribution in [3.8, 4) is 0 Å².